The number of halogens is 1. The SMILES string of the molecule is C=COCCCN1CC(CCl)CC1=O. The van der Waals surface area contributed by atoms with Crippen LogP contribution in [-0.2, 0) is 9.53 Å². The van der Waals surface area contributed by atoms with Gasteiger partial charge in [-0.25, -0.2) is 0 Å². The highest BCUT2D eigenvalue weighted by atomic mass is 35.5. The van der Waals surface area contributed by atoms with E-state index in [-0.39, 0.29) is 5.91 Å². The average Bonchev–Trinajstić information content (AvgIpc) is 2.54. The quantitative estimate of drug-likeness (QED) is 0.385. The number of amides is 1. The number of rotatable bonds is 6. The van der Waals surface area contributed by atoms with Gasteiger partial charge in [0.25, 0.3) is 0 Å². The van der Waals surface area contributed by atoms with Gasteiger partial charge in [-0.3, -0.25) is 4.79 Å². The van der Waals surface area contributed by atoms with Crippen LogP contribution >= 0.6 is 11.6 Å². The molecule has 4 heteroatoms. The van der Waals surface area contributed by atoms with Gasteiger partial charge in [0.2, 0.25) is 5.91 Å². The van der Waals surface area contributed by atoms with E-state index in [2.05, 4.69) is 6.58 Å². The molecule has 0 N–H and O–H groups in total. The van der Waals surface area contributed by atoms with Crippen LogP contribution in [0.2, 0.25) is 0 Å². The molecule has 1 rings (SSSR count). The lowest BCUT2D eigenvalue weighted by atomic mass is 10.1. The molecule has 0 spiro atoms. The molecule has 0 aromatic heterocycles. The van der Waals surface area contributed by atoms with E-state index in [0.717, 1.165) is 19.5 Å². The van der Waals surface area contributed by atoms with Gasteiger partial charge in [0.15, 0.2) is 0 Å². The summed E-state index contributed by atoms with van der Waals surface area (Å²) >= 11 is 5.71. The van der Waals surface area contributed by atoms with E-state index in [1.54, 1.807) is 0 Å². The van der Waals surface area contributed by atoms with Crippen molar-refractivity contribution in [2.24, 2.45) is 5.92 Å². The Labute approximate surface area is 89.7 Å². The Balaban J connectivity index is 2.18. The highest BCUT2D eigenvalue weighted by Crippen LogP contribution is 2.18. The first-order valence-corrected chi connectivity index (χ1v) is 5.37. The zero-order chi connectivity index (χ0) is 10.4. The minimum atomic E-state index is 0.217. The monoisotopic (exact) mass is 217 g/mol. The van der Waals surface area contributed by atoms with Crippen molar-refractivity contribution >= 4 is 17.5 Å². The molecule has 0 aromatic carbocycles. The van der Waals surface area contributed by atoms with E-state index in [9.17, 15) is 4.79 Å². The molecule has 0 aromatic rings. The third kappa shape index (κ3) is 3.22. The van der Waals surface area contributed by atoms with Crippen LogP contribution in [-0.4, -0.2) is 36.4 Å². The standard InChI is InChI=1S/C10H16ClNO2/c1-2-14-5-3-4-12-8-9(7-11)6-10(12)13/h2,9H,1,3-8H2. The molecule has 0 radical (unpaired) electrons. The Morgan fingerprint density at radius 2 is 2.50 bits per heavy atom. The van der Waals surface area contributed by atoms with Gasteiger partial charge in [-0.05, 0) is 12.3 Å². The summed E-state index contributed by atoms with van der Waals surface area (Å²) in [5.41, 5.74) is 0. The summed E-state index contributed by atoms with van der Waals surface area (Å²) in [6.07, 6.45) is 2.88. The smallest absolute Gasteiger partial charge is 0.222 e. The van der Waals surface area contributed by atoms with Crippen LogP contribution in [0.15, 0.2) is 12.8 Å². The molecular weight excluding hydrogens is 202 g/mol. The van der Waals surface area contributed by atoms with E-state index in [1.165, 1.54) is 6.26 Å². The van der Waals surface area contributed by atoms with Crippen LogP contribution in [0.3, 0.4) is 0 Å². The predicted molar refractivity (Wildman–Crippen MR) is 56.2 cm³/mol. The largest absolute Gasteiger partial charge is 0.502 e. The number of carbonyl (C=O) groups excluding carboxylic acids is 1. The van der Waals surface area contributed by atoms with Gasteiger partial charge in [-0.15, -0.1) is 11.6 Å². The molecule has 1 fully saturated rings. The number of hydrogen-bond acceptors (Lipinski definition) is 2. The van der Waals surface area contributed by atoms with Crippen LogP contribution in [0.4, 0.5) is 0 Å². The van der Waals surface area contributed by atoms with Crippen molar-refractivity contribution in [3.05, 3.63) is 12.8 Å². The lowest BCUT2D eigenvalue weighted by Gasteiger charge is -2.15. The number of ether oxygens (including phenoxy) is 1. The maximum atomic E-state index is 11.4. The van der Waals surface area contributed by atoms with Crippen molar-refractivity contribution in [1.29, 1.82) is 0 Å². The van der Waals surface area contributed by atoms with Crippen LogP contribution in [0.5, 0.6) is 0 Å². The predicted octanol–water partition coefficient (Wildman–Crippen LogP) is 1.62. The fraction of sp³-hybridized carbons (Fsp3) is 0.700. The number of alkyl halides is 1. The Hall–Kier alpha value is -0.700. The van der Waals surface area contributed by atoms with Gasteiger partial charge in [0.05, 0.1) is 12.9 Å². The van der Waals surface area contributed by atoms with Crippen LogP contribution in [0, 0.1) is 5.92 Å². The maximum Gasteiger partial charge on any atom is 0.222 e. The molecular formula is C10H16ClNO2. The first-order valence-electron chi connectivity index (χ1n) is 4.84. The van der Waals surface area contributed by atoms with Gasteiger partial charge in [0.1, 0.15) is 0 Å². The fourth-order valence-corrected chi connectivity index (χ4v) is 1.80. The number of likely N-dealkylation sites (tertiary alicyclic amines) is 1. The van der Waals surface area contributed by atoms with Gasteiger partial charge < -0.3 is 9.64 Å². The van der Waals surface area contributed by atoms with E-state index in [1.807, 2.05) is 4.90 Å². The normalized spacial score (nSPS) is 21.4. The fourth-order valence-electron chi connectivity index (χ4n) is 1.60. The lowest BCUT2D eigenvalue weighted by molar-refractivity contribution is -0.127. The average molecular weight is 218 g/mol. The summed E-state index contributed by atoms with van der Waals surface area (Å²) in [7, 11) is 0. The van der Waals surface area contributed by atoms with Gasteiger partial charge in [-0.2, -0.15) is 0 Å². The number of nitrogens with zero attached hydrogens (tertiary/aromatic N) is 1. The molecule has 1 heterocycles. The summed E-state index contributed by atoms with van der Waals surface area (Å²) in [5, 5.41) is 0. The van der Waals surface area contributed by atoms with E-state index in [0.29, 0.717) is 24.8 Å². The zero-order valence-corrected chi connectivity index (χ0v) is 9.00. The number of carbonyl (C=O) groups is 1. The Morgan fingerprint density at radius 1 is 1.71 bits per heavy atom. The van der Waals surface area contributed by atoms with E-state index < -0.39 is 0 Å². The van der Waals surface area contributed by atoms with Crippen molar-refractivity contribution in [3.63, 3.8) is 0 Å². The molecule has 0 bridgehead atoms. The minimum Gasteiger partial charge on any atom is -0.502 e. The second-order valence-corrected chi connectivity index (χ2v) is 3.76. The molecule has 1 aliphatic rings. The highest BCUT2D eigenvalue weighted by molar-refractivity contribution is 6.18. The third-order valence-corrected chi connectivity index (χ3v) is 2.76. The highest BCUT2D eigenvalue weighted by Gasteiger charge is 2.28. The number of hydrogen-bond donors (Lipinski definition) is 0. The molecule has 0 aliphatic carbocycles. The second-order valence-electron chi connectivity index (χ2n) is 3.46. The molecule has 1 amide bonds. The van der Waals surface area contributed by atoms with Crippen LogP contribution < -0.4 is 0 Å². The molecule has 1 saturated heterocycles. The maximum absolute atomic E-state index is 11.4. The van der Waals surface area contributed by atoms with Gasteiger partial charge in [-0.1, -0.05) is 6.58 Å². The zero-order valence-electron chi connectivity index (χ0n) is 8.25. The molecule has 1 aliphatic heterocycles. The molecule has 1 atom stereocenters. The lowest BCUT2D eigenvalue weighted by Crippen LogP contribution is -2.27. The summed E-state index contributed by atoms with van der Waals surface area (Å²) < 4.78 is 4.98. The summed E-state index contributed by atoms with van der Waals surface area (Å²) in [6, 6.07) is 0. The molecule has 14 heavy (non-hydrogen) atoms. The van der Waals surface area contributed by atoms with Crippen LogP contribution in [0.1, 0.15) is 12.8 Å². The molecule has 0 saturated carbocycles. The molecule has 80 valence electrons. The second kappa shape index (κ2) is 5.91. The van der Waals surface area contributed by atoms with Crippen molar-refractivity contribution in [2.45, 2.75) is 12.8 Å². The summed E-state index contributed by atoms with van der Waals surface area (Å²) in [6.45, 7) is 5.64. The Kier molecular flexibility index (Phi) is 4.80. The van der Waals surface area contributed by atoms with Gasteiger partial charge in [0, 0.05) is 25.4 Å². The Morgan fingerprint density at radius 3 is 3.07 bits per heavy atom. The Bertz CT molecular complexity index is 208. The summed E-state index contributed by atoms with van der Waals surface area (Å²) in [4.78, 5) is 13.3. The summed E-state index contributed by atoms with van der Waals surface area (Å²) in [5.74, 6) is 1.13. The van der Waals surface area contributed by atoms with Crippen molar-refractivity contribution in [2.75, 3.05) is 25.6 Å². The van der Waals surface area contributed by atoms with E-state index in [4.69, 9.17) is 16.3 Å². The van der Waals surface area contributed by atoms with Crippen molar-refractivity contribution < 1.29 is 9.53 Å². The molecule has 3 nitrogen and oxygen atoms in total. The first kappa shape index (κ1) is 11.4. The van der Waals surface area contributed by atoms with Crippen molar-refractivity contribution in [1.82, 2.24) is 4.90 Å². The minimum absolute atomic E-state index is 0.217. The van der Waals surface area contributed by atoms with E-state index >= 15 is 0 Å². The topological polar surface area (TPSA) is 29.5 Å². The van der Waals surface area contributed by atoms with Gasteiger partial charge >= 0.3 is 0 Å². The van der Waals surface area contributed by atoms with Crippen molar-refractivity contribution in [3.8, 4) is 0 Å². The first-order chi connectivity index (χ1) is 6.77. The molecule has 1 unspecified atom stereocenters. The third-order valence-electron chi connectivity index (χ3n) is 2.32. The van der Waals surface area contributed by atoms with Crippen LogP contribution in [0.25, 0.3) is 0 Å².